The molecule has 0 aromatic carbocycles. The van der Waals surface area contributed by atoms with Crippen molar-refractivity contribution in [2.75, 3.05) is 25.5 Å². The highest BCUT2D eigenvalue weighted by Crippen LogP contribution is 2.12. The normalized spacial score (nSPS) is 12.0. The molecule has 0 radical (unpaired) electrons. The van der Waals surface area contributed by atoms with E-state index in [-0.39, 0.29) is 11.8 Å². The van der Waals surface area contributed by atoms with Crippen LogP contribution in [-0.2, 0) is 4.79 Å². The van der Waals surface area contributed by atoms with Crippen LogP contribution in [0.15, 0.2) is 12.4 Å². The van der Waals surface area contributed by atoms with Gasteiger partial charge in [-0.05, 0) is 0 Å². The van der Waals surface area contributed by atoms with Crippen molar-refractivity contribution in [3.05, 3.63) is 17.5 Å². The number of amides is 1. The lowest BCUT2D eigenvalue weighted by atomic mass is 10.1. The van der Waals surface area contributed by atoms with Gasteiger partial charge >= 0.3 is 0 Å². The number of hydrogen-bond donors (Lipinski definition) is 1. The molecule has 1 rings (SSSR count). The van der Waals surface area contributed by atoms with Crippen molar-refractivity contribution in [3.63, 3.8) is 0 Å². The van der Waals surface area contributed by atoms with Crippen molar-refractivity contribution in [2.45, 2.75) is 6.92 Å². The minimum absolute atomic E-state index is 0.00170. The largest absolute Gasteiger partial charge is 0.359 e. The molecule has 1 aromatic heterocycles. The maximum Gasteiger partial charge on any atom is 0.224 e. The van der Waals surface area contributed by atoms with Crippen molar-refractivity contribution < 1.29 is 4.79 Å². The lowest BCUT2D eigenvalue weighted by Gasteiger charge is -2.21. The molecule has 5 nitrogen and oxygen atoms in total. The fourth-order valence-corrected chi connectivity index (χ4v) is 1.49. The van der Waals surface area contributed by atoms with Gasteiger partial charge in [-0.2, -0.15) is 0 Å². The average molecular weight is 243 g/mol. The van der Waals surface area contributed by atoms with Gasteiger partial charge in [0, 0.05) is 20.6 Å². The molecule has 0 aliphatic heterocycles. The summed E-state index contributed by atoms with van der Waals surface area (Å²) >= 11 is 5.74. The Morgan fingerprint density at radius 2 is 2.31 bits per heavy atom. The molecule has 0 aliphatic carbocycles. The highest BCUT2D eigenvalue weighted by Gasteiger charge is 2.14. The summed E-state index contributed by atoms with van der Waals surface area (Å²) in [7, 11) is 3.47. The molecule has 1 N–H and O–H groups in total. The fourth-order valence-electron chi connectivity index (χ4n) is 1.35. The minimum Gasteiger partial charge on any atom is -0.359 e. The van der Waals surface area contributed by atoms with E-state index < -0.39 is 0 Å². The van der Waals surface area contributed by atoms with Crippen molar-refractivity contribution in [1.82, 2.24) is 15.3 Å². The van der Waals surface area contributed by atoms with Crippen LogP contribution in [0.2, 0.25) is 5.15 Å². The summed E-state index contributed by atoms with van der Waals surface area (Å²) < 4.78 is 0. The van der Waals surface area contributed by atoms with Crippen molar-refractivity contribution in [1.29, 1.82) is 0 Å². The number of carbonyl (C=O) groups is 1. The second-order valence-corrected chi connectivity index (χ2v) is 3.98. The van der Waals surface area contributed by atoms with Crippen molar-refractivity contribution in [3.8, 4) is 0 Å². The van der Waals surface area contributed by atoms with Gasteiger partial charge in [-0.3, -0.25) is 9.78 Å². The number of aromatic nitrogens is 2. The van der Waals surface area contributed by atoms with Gasteiger partial charge in [0.1, 0.15) is 11.0 Å². The predicted molar refractivity (Wildman–Crippen MR) is 63.5 cm³/mol. The van der Waals surface area contributed by atoms with Gasteiger partial charge in [-0.1, -0.05) is 18.5 Å². The first-order valence-electron chi connectivity index (χ1n) is 4.95. The minimum atomic E-state index is -0.115. The second kappa shape index (κ2) is 5.65. The Morgan fingerprint density at radius 1 is 1.62 bits per heavy atom. The molecule has 0 fully saturated rings. The van der Waals surface area contributed by atoms with Gasteiger partial charge in [0.2, 0.25) is 5.91 Å². The monoisotopic (exact) mass is 242 g/mol. The summed E-state index contributed by atoms with van der Waals surface area (Å²) in [6, 6.07) is 0. The van der Waals surface area contributed by atoms with E-state index in [2.05, 4.69) is 15.3 Å². The van der Waals surface area contributed by atoms with Crippen LogP contribution in [0.1, 0.15) is 6.92 Å². The zero-order valence-electron chi connectivity index (χ0n) is 9.57. The van der Waals surface area contributed by atoms with E-state index >= 15 is 0 Å². The van der Waals surface area contributed by atoms with Gasteiger partial charge in [-0.15, -0.1) is 0 Å². The molecular weight excluding hydrogens is 228 g/mol. The molecule has 0 spiro atoms. The van der Waals surface area contributed by atoms with Crippen LogP contribution in [0, 0.1) is 5.92 Å². The summed E-state index contributed by atoms with van der Waals surface area (Å²) in [5.74, 6) is 0.542. The van der Waals surface area contributed by atoms with Crippen LogP contribution in [0.5, 0.6) is 0 Å². The summed E-state index contributed by atoms with van der Waals surface area (Å²) in [5, 5.41) is 2.95. The maximum absolute atomic E-state index is 11.3. The molecule has 6 heteroatoms. The van der Waals surface area contributed by atoms with Crippen LogP contribution < -0.4 is 10.2 Å². The third-order valence-corrected chi connectivity index (χ3v) is 2.41. The van der Waals surface area contributed by atoms with Crippen molar-refractivity contribution >= 4 is 23.3 Å². The molecule has 1 aromatic rings. The smallest absolute Gasteiger partial charge is 0.224 e. The Bertz CT molecular complexity index is 372. The fraction of sp³-hybridized carbons (Fsp3) is 0.500. The van der Waals surface area contributed by atoms with Crippen LogP contribution in [0.3, 0.4) is 0 Å². The highest BCUT2D eigenvalue weighted by molar-refractivity contribution is 6.29. The standard InChI is InChI=1S/C10H15ClN4O/c1-7(10(16)12-2)6-15(3)9-5-13-4-8(11)14-9/h4-5,7H,6H2,1-3H3,(H,12,16). The van der Waals surface area contributed by atoms with E-state index in [1.807, 2.05) is 18.9 Å². The first-order valence-corrected chi connectivity index (χ1v) is 5.32. The van der Waals surface area contributed by atoms with E-state index in [1.165, 1.54) is 6.20 Å². The third-order valence-electron chi connectivity index (χ3n) is 2.23. The number of carbonyl (C=O) groups excluding carboxylic acids is 1. The Balaban J connectivity index is 2.65. The van der Waals surface area contributed by atoms with E-state index in [0.717, 1.165) is 0 Å². The third kappa shape index (κ3) is 3.34. The topological polar surface area (TPSA) is 58.1 Å². The van der Waals surface area contributed by atoms with Gasteiger partial charge in [0.05, 0.1) is 18.3 Å². The van der Waals surface area contributed by atoms with E-state index in [4.69, 9.17) is 11.6 Å². The summed E-state index contributed by atoms with van der Waals surface area (Å²) in [4.78, 5) is 21.2. The van der Waals surface area contributed by atoms with E-state index in [9.17, 15) is 4.79 Å². The first kappa shape index (κ1) is 12.7. The molecule has 0 saturated heterocycles. The Labute approximate surface area is 99.8 Å². The average Bonchev–Trinajstić information content (AvgIpc) is 2.27. The number of rotatable bonds is 4. The zero-order chi connectivity index (χ0) is 12.1. The van der Waals surface area contributed by atoms with Gasteiger partial charge in [0.25, 0.3) is 0 Å². The van der Waals surface area contributed by atoms with Gasteiger partial charge in [-0.25, -0.2) is 4.98 Å². The molecular formula is C10H15ClN4O. The number of hydrogen-bond acceptors (Lipinski definition) is 4. The van der Waals surface area contributed by atoms with Crippen LogP contribution in [-0.4, -0.2) is 36.5 Å². The van der Waals surface area contributed by atoms with Crippen molar-refractivity contribution in [2.24, 2.45) is 5.92 Å². The Morgan fingerprint density at radius 3 is 2.88 bits per heavy atom. The maximum atomic E-state index is 11.3. The summed E-state index contributed by atoms with van der Waals surface area (Å²) in [6.45, 7) is 2.42. The zero-order valence-corrected chi connectivity index (χ0v) is 10.3. The molecule has 1 unspecified atom stereocenters. The van der Waals surface area contributed by atoms with Crippen LogP contribution >= 0.6 is 11.6 Å². The SMILES string of the molecule is CNC(=O)C(C)CN(C)c1cncc(Cl)n1. The van der Waals surface area contributed by atoms with E-state index in [1.54, 1.807) is 13.2 Å². The lowest BCUT2D eigenvalue weighted by molar-refractivity contribution is -0.123. The number of halogens is 1. The summed E-state index contributed by atoms with van der Waals surface area (Å²) in [5.41, 5.74) is 0. The summed E-state index contributed by atoms with van der Waals surface area (Å²) in [6.07, 6.45) is 3.09. The number of anilines is 1. The van der Waals surface area contributed by atoms with Gasteiger partial charge in [0.15, 0.2) is 0 Å². The van der Waals surface area contributed by atoms with Crippen LogP contribution in [0.25, 0.3) is 0 Å². The molecule has 88 valence electrons. The van der Waals surface area contributed by atoms with E-state index in [0.29, 0.717) is 17.5 Å². The number of nitrogens with zero attached hydrogens (tertiary/aromatic N) is 3. The second-order valence-electron chi connectivity index (χ2n) is 3.60. The molecule has 0 saturated carbocycles. The van der Waals surface area contributed by atoms with Crippen LogP contribution in [0.4, 0.5) is 5.82 Å². The highest BCUT2D eigenvalue weighted by atomic mass is 35.5. The molecule has 1 heterocycles. The van der Waals surface area contributed by atoms with Gasteiger partial charge < -0.3 is 10.2 Å². The molecule has 1 amide bonds. The molecule has 16 heavy (non-hydrogen) atoms. The predicted octanol–water partition coefficient (Wildman–Crippen LogP) is 0.948. The first-order chi connectivity index (χ1) is 7.54. The molecule has 0 bridgehead atoms. The quantitative estimate of drug-likeness (QED) is 0.854. The Hall–Kier alpha value is -1.36. The molecule has 0 aliphatic rings. The number of nitrogens with one attached hydrogen (secondary N) is 1. The molecule has 1 atom stereocenters. The Kier molecular flexibility index (Phi) is 4.49. The lowest BCUT2D eigenvalue weighted by Crippen LogP contribution is -2.34.